The Morgan fingerprint density at radius 3 is 2.24 bits per heavy atom. The zero-order valence-electron chi connectivity index (χ0n) is 20.5. The molecule has 0 heterocycles. The van der Waals surface area contributed by atoms with Crippen molar-refractivity contribution in [1.82, 2.24) is 4.90 Å². The zero-order valence-corrected chi connectivity index (χ0v) is 20.5. The van der Waals surface area contributed by atoms with E-state index in [-0.39, 0.29) is 0 Å². The van der Waals surface area contributed by atoms with Gasteiger partial charge >= 0.3 is 6.18 Å². The van der Waals surface area contributed by atoms with Crippen molar-refractivity contribution in [3.05, 3.63) is 71.6 Å². The minimum Gasteiger partial charge on any atom is -0.494 e. The van der Waals surface area contributed by atoms with Gasteiger partial charge in [0, 0.05) is 6.54 Å². The number of rotatable bonds is 14. The largest absolute Gasteiger partial charge is 0.494 e. The van der Waals surface area contributed by atoms with Gasteiger partial charge in [0.2, 0.25) is 0 Å². The van der Waals surface area contributed by atoms with Crippen LogP contribution in [0.3, 0.4) is 0 Å². The van der Waals surface area contributed by atoms with Gasteiger partial charge in [-0.25, -0.2) is 0 Å². The van der Waals surface area contributed by atoms with E-state index in [9.17, 15) is 13.2 Å². The Bertz CT molecular complexity index is 806. The quantitative estimate of drug-likeness (QED) is 0.121. The van der Waals surface area contributed by atoms with E-state index in [0.29, 0.717) is 30.1 Å². The molecule has 1 rings (SSSR count). The Balaban J connectivity index is 2.55. The van der Waals surface area contributed by atoms with Crippen LogP contribution in [0.4, 0.5) is 13.2 Å². The summed E-state index contributed by atoms with van der Waals surface area (Å²) in [5.41, 5.74) is -0.0325. The number of allylic oxidation sites excluding steroid dienone is 7. The van der Waals surface area contributed by atoms with E-state index >= 15 is 0 Å². The van der Waals surface area contributed by atoms with Gasteiger partial charge in [-0.3, -0.25) is 4.90 Å². The van der Waals surface area contributed by atoms with Crippen molar-refractivity contribution >= 4 is 0 Å². The van der Waals surface area contributed by atoms with E-state index in [4.69, 9.17) is 9.47 Å². The van der Waals surface area contributed by atoms with Gasteiger partial charge in [0.1, 0.15) is 17.3 Å². The predicted molar refractivity (Wildman–Crippen MR) is 131 cm³/mol. The standard InChI is InChI=1S/C27H38F3NO2/c1-6-9-18-31(8-3)19-10-11-20-32-25-14-16-26(17-15-25)33-23(5)12-13-24(27(28,29)30)21-22(4)7-2/h6,9,12-17,21H,7-8,10-11,18-20H2,1-5H3/b9-6-,22-21+,23-12+,24-13+. The first kappa shape index (κ1) is 28.6. The molecule has 0 radical (unpaired) electrons. The number of ether oxygens (including phenoxy) is 2. The average Bonchev–Trinajstić information content (AvgIpc) is 2.78. The van der Waals surface area contributed by atoms with Crippen LogP contribution in [0.15, 0.2) is 71.6 Å². The van der Waals surface area contributed by atoms with Crippen LogP contribution in [0.2, 0.25) is 0 Å². The maximum Gasteiger partial charge on any atom is 0.416 e. The second-order valence-corrected chi connectivity index (χ2v) is 7.83. The fraction of sp³-hybridized carbons (Fsp3) is 0.481. The minimum atomic E-state index is -4.41. The first-order valence-electron chi connectivity index (χ1n) is 11.6. The van der Waals surface area contributed by atoms with Gasteiger partial charge in [-0.05, 0) is 89.5 Å². The molecule has 184 valence electrons. The van der Waals surface area contributed by atoms with E-state index in [1.165, 1.54) is 6.08 Å². The van der Waals surface area contributed by atoms with Gasteiger partial charge in [-0.2, -0.15) is 13.2 Å². The second kappa shape index (κ2) is 15.4. The first-order valence-corrected chi connectivity index (χ1v) is 11.6. The fourth-order valence-corrected chi connectivity index (χ4v) is 2.88. The third-order valence-corrected chi connectivity index (χ3v) is 5.07. The third kappa shape index (κ3) is 12.4. The molecule has 3 nitrogen and oxygen atoms in total. The van der Waals surface area contributed by atoms with E-state index in [2.05, 4.69) is 24.0 Å². The van der Waals surface area contributed by atoms with Gasteiger partial charge in [0.15, 0.2) is 0 Å². The van der Waals surface area contributed by atoms with Crippen LogP contribution >= 0.6 is 0 Å². The van der Waals surface area contributed by atoms with Crippen LogP contribution in [0.25, 0.3) is 0 Å². The summed E-state index contributed by atoms with van der Waals surface area (Å²) < 4.78 is 51.0. The Hall–Kier alpha value is -2.47. The van der Waals surface area contributed by atoms with Crippen molar-refractivity contribution in [3.8, 4) is 11.5 Å². The highest BCUT2D eigenvalue weighted by Crippen LogP contribution is 2.28. The second-order valence-electron chi connectivity index (χ2n) is 7.83. The molecule has 6 heteroatoms. The number of benzene rings is 1. The van der Waals surface area contributed by atoms with E-state index in [0.717, 1.165) is 50.4 Å². The summed E-state index contributed by atoms with van der Waals surface area (Å²) >= 11 is 0. The number of hydrogen-bond donors (Lipinski definition) is 0. The number of alkyl halides is 3. The van der Waals surface area contributed by atoms with Crippen LogP contribution in [-0.2, 0) is 0 Å². The molecular weight excluding hydrogens is 427 g/mol. The molecule has 0 saturated carbocycles. The normalized spacial score (nSPS) is 13.8. The van der Waals surface area contributed by atoms with Gasteiger partial charge in [-0.15, -0.1) is 0 Å². The molecule has 1 aromatic rings. The molecule has 0 amide bonds. The van der Waals surface area contributed by atoms with Crippen LogP contribution in [0.5, 0.6) is 11.5 Å². The molecule has 0 aromatic heterocycles. The molecule has 0 N–H and O–H groups in total. The van der Waals surface area contributed by atoms with Gasteiger partial charge in [-0.1, -0.05) is 37.6 Å². The first-order chi connectivity index (χ1) is 15.7. The molecule has 0 saturated heterocycles. The minimum absolute atomic E-state index is 0.367. The lowest BCUT2D eigenvalue weighted by Crippen LogP contribution is -2.24. The molecular formula is C27H38F3NO2. The van der Waals surface area contributed by atoms with Crippen molar-refractivity contribution in [1.29, 1.82) is 0 Å². The number of nitrogens with zero attached hydrogens (tertiary/aromatic N) is 1. The third-order valence-electron chi connectivity index (χ3n) is 5.07. The maximum absolute atomic E-state index is 13.2. The Morgan fingerprint density at radius 2 is 1.67 bits per heavy atom. The van der Waals surface area contributed by atoms with E-state index in [1.54, 1.807) is 38.1 Å². The molecule has 0 aliphatic rings. The highest BCUT2D eigenvalue weighted by atomic mass is 19.4. The summed E-state index contributed by atoms with van der Waals surface area (Å²) in [5, 5.41) is 0. The molecule has 0 fully saturated rings. The highest BCUT2D eigenvalue weighted by molar-refractivity contribution is 5.34. The summed E-state index contributed by atoms with van der Waals surface area (Å²) in [4.78, 5) is 2.39. The van der Waals surface area contributed by atoms with E-state index in [1.807, 2.05) is 13.8 Å². The molecule has 0 atom stereocenters. The van der Waals surface area contributed by atoms with Crippen molar-refractivity contribution in [2.75, 3.05) is 26.2 Å². The lowest BCUT2D eigenvalue weighted by Gasteiger charge is -2.18. The van der Waals surface area contributed by atoms with Crippen molar-refractivity contribution in [2.45, 2.75) is 60.1 Å². The number of hydrogen-bond acceptors (Lipinski definition) is 3. The smallest absolute Gasteiger partial charge is 0.416 e. The van der Waals surface area contributed by atoms with Gasteiger partial charge in [0.25, 0.3) is 0 Å². The summed E-state index contributed by atoms with van der Waals surface area (Å²) in [6.07, 6.45) is 5.96. The van der Waals surface area contributed by atoms with Crippen LogP contribution in [0, 0.1) is 0 Å². The lowest BCUT2D eigenvalue weighted by atomic mass is 10.1. The molecule has 33 heavy (non-hydrogen) atoms. The topological polar surface area (TPSA) is 21.7 Å². The van der Waals surface area contributed by atoms with Crippen molar-refractivity contribution in [3.63, 3.8) is 0 Å². The van der Waals surface area contributed by atoms with Crippen molar-refractivity contribution in [2.24, 2.45) is 0 Å². The maximum atomic E-state index is 13.2. The summed E-state index contributed by atoms with van der Waals surface area (Å²) in [7, 11) is 0. The molecule has 0 unspecified atom stereocenters. The number of unbranched alkanes of at least 4 members (excludes halogenated alkanes) is 1. The van der Waals surface area contributed by atoms with E-state index < -0.39 is 11.7 Å². The monoisotopic (exact) mass is 465 g/mol. The van der Waals surface area contributed by atoms with Crippen molar-refractivity contribution < 1.29 is 22.6 Å². The Kier molecular flexibility index (Phi) is 13.3. The molecule has 0 bridgehead atoms. The predicted octanol–water partition coefficient (Wildman–Crippen LogP) is 7.87. The zero-order chi connectivity index (χ0) is 24.7. The van der Waals surface area contributed by atoms with Crippen LogP contribution < -0.4 is 9.47 Å². The van der Waals surface area contributed by atoms with Crippen LogP contribution in [-0.4, -0.2) is 37.3 Å². The Morgan fingerprint density at radius 1 is 1.00 bits per heavy atom. The lowest BCUT2D eigenvalue weighted by molar-refractivity contribution is -0.0882. The van der Waals surface area contributed by atoms with Crippen LogP contribution in [0.1, 0.15) is 53.9 Å². The summed E-state index contributed by atoms with van der Waals surface area (Å²) in [6.45, 7) is 13.0. The number of likely N-dealkylation sites (N-methyl/N-ethyl adjacent to an activating group) is 1. The molecule has 0 aliphatic heterocycles. The highest BCUT2D eigenvalue weighted by Gasteiger charge is 2.31. The molecule has 0 aliphatic carbocycles. The molecule has 1 aromatic carbocycles. The van der Waals surface area contributed by atoms with Gasteiger partial charge in [0.05, 0.1) is 12.2 Å². The molecule has 0 spiro atoms. The van der Waals surface area contributed by atoms with Gasteiger partial charge < -0.3 is 9.47 Å². The summed E-state index contributed by atoms with van der Waals surface area (Å²) in [5.74, 6) is 1.65. The Labute approximate surface area is 197 Å². The SMILES string of the molecule is C/C=C\CN(CC)CCCCOc1ccc(O/C(C)=C/C=C(\C=C(/C)CC)C(F)(F)F)cc1. The number of halogens is 3. The summed E-state index contributed by atoms with van der Waals surface area (Å²) in [6, 6.07) is 7.10. The average molecular weight is 466 g/mol. The fourth-order valence-electron chi connectivity index (χ4n) is 2.88.